The van der Waals surface area contributed by atoms with Crippen LogP contribution in [0.25, 0.3) is 6.08 Å². The van der Waals surface area contributed by atoms with Gasteiger partial charge in [0.15, 0.2) is 5.82 Å². The smallest absolute Gasteiger partial charge is 0.351 e. The molecule has 9 heteroatoms. The number of alkyl halides is 3. The van der Waals surface area contributed by atoms with Crippen LogP contribution in [0.5, 0.6) is 0 Å². The summed E-state index contributed by atoms with van der Waals surface area (Å²) in [7, 11) is 0. The van der Waals surface area contributed by atoms with Gasteiger partial charge in [0.2, 0.25) is 0 Å². The number of rotatable bonds is 2. The summed E-state index contributed by atoms with van der Waals surface area (Å²) in [4.78, 5) is 22.1. The second kappa shape index (κ2) is 5.10. The van der Waals surface area contributed by atoms with Crippen molar-refractivity contribution in [2.45, 2.75) is 6.18 Å². The van der Waals surface area contributed by atoms with Crippen molar-refractivity contribution in [3.05, 3.63) is 47.7 Å². The molecule has 0 atom stereocenters. The highest BCUT2D eigenvalue weighted by atomic mass is 19.4. The minimum Gasteiger partial charge on any atom is -0.351 e. The van der Waals surface area contributed by atoms with Crippen molar-refractivity contribution in [1.29, 1.82) is 0 Å². The maximum atomic E-state index is 12.5. The summed E-state index contributed by atoms with van der Waals surface area (Å²) in [6.45, 7) is 0. The van der Waals surface area contributed by atoms with E-state index < -0.39 is 17.8 Å². The lowest BCUT2D eigenvalue weighted by molar-refractivity contribution is -0.140. The third-order valence-electron chi connectivity index (χ3n) is 2.84. The molecule has 3 heterocycles. The molecule has 0 aromatic carbocycles. The highest BCUT2D eigenvalue weighted by molar-refractivity contribution is 6.25. The van der Waals surface area contributed by atoms with E-state index in [1.807, 2.05) is 0 Å². The number of aromatic nitrogens is 3. The molecule has 0 bridgehead atoms. The molecule has 22 heavy (non-hydrogen) atoms. The molecule has 2 aromatic heterocycles. The van der Waals surface area contributed by atoms with E-state index in [1.165, 1.54) is 36.9 Å². The lowest BCUT2D eigenvalue weighted by atomic mass is 10.2. The first-order chi connectivity index (χ1) is 10.4. The average molecular weight is 307 g/mol. The van der Waals surface area contributed by atoms with Crippen LogP contribution in [0.15, 0.2) is 41.4 Å². The zero-order chi connectivity index (χ0) is 15.7. The van der Waals surface area contributed by atoms with Gasteiger partial charge in [-0.3, -0.25) is 9.78 Å². The highest BCUT2D eigenvalue weighted by Crippen LogP contribution is 2.29. The van der Waals surface area contributed by atoms with Gasteiger partial charge < -0.3 is 4.98 Å². The number of anilines is 1. The number of nitrogens with zero attached hydrogens (tertiary/aromatic N) is 4. The quantitative estimate of drug-likeness (QED) is 0.865. The van der Waals surface area contributed by atoms with E-state index in [0.29, 0.717) is 0 Å². The van der Waals surface area contributed by atoms with Crippen molar-refractivity contribution >= 4 is 24.0 Å². The van der Waals surface area contributed by atoms with Crippen LogP contribution in [0.2, 0.25) is 0 Å². The van der Waals surface area contributed by atoms with Gasteiger partial charge in [-0.2, -0.15) is 23.3 Å². The Morgan fingerprint density at radius 2 is 2.05 bits per heavy atom. The second-order valence-electron chi connectivity index (χ2n) is 4.35. The van der Waals surface area contributed by atoms with Gasteiger partial charge in [0, 0.05) is 18.1 Å². The van der Waals surface area contributed by atoms with Crippen LogP contribution in [0, 0.1) is 0 Å². The molecule has 2 aromatic rings. The van der Waals surface area contributed by atoms with E-state index in [9.17, 15) is 18.0 Å². The number of halogens is 3. The number of hydrogen-bond donors (Lipinski definition) is 1. The Morgan fingerprint density at radius 3 is 2.68 bits per heavy atom. The van der Waals surface area contributed by atoms with Gasteiger partial charge in [-0.25, -0.2) is 4.98 Å². The number of hydrazone groups is 1. The largest absolute Gasteiger partial charge is 0.431 e. The molecule has 0 spiro atoms. The minimum atomic E-state index is -4.46. The zero-order valence-corrected chi connectivity index (χ0v) is 10.9. The molecule has 1 N–H and O–H groups in total. The molecule has 6 nitrogen and oxygen atoms in total. The van der Waals surface area contributed by atoms with Crippen LogP contribution < -0.4 is 5.01 Å². The van der Waals surface area contributed by atoms with E-state index >= 15 is 0 Å². The van der Waals surface area contributed by atoms with Gasteiger partial charge in [-0.1, -0.05) is 0 Å². The Hall–Kier alpha value is -2.97. The third-order valence-corrected chi connectivity index (χ3v) is 2.84. The number of carbonyl (C=O) groups is 1. The fourth-order valence-electron chi connectivity index (χ4n) is 1.84. The van der Waals surface area contributed by atoms with E-state index in [1.54, 1.807) is 0 Å². The molecule has 0 unspecified atom stereocenters. The van der Waals surface area contributed by atoms with Crippen LogP contribution in [-0.4, -0.2) is 27.1 Å². The van der Waals surface area contributed by atoms with Crippen molar-refractivity contribution in [2.75, 3.05) is 5.01 Å². The van der Waals surface area contributed by atoms with Crippen LogP contribution in [0.3, 0.4) is 0 Å². The third kappa shape index (κ3) is 2.60. The fraction of sp³-hybridized carbons (Fsp3) is 0.0769. The number of nitrogens with one attached hydrogen (secondary N) is 1. The predicted octanol–water partition coefficient (Wildman–Crippen LogP) is 2.24. The minimum absolute atomic E-state index is 0.140. The molecule has 0 aliphatic carbocycles. The Balaban J connectivity index is 1.84. The zero-order valence-electron chi connectivity index (χ0n) is 10.9. The Bertz CT molecular complexity index is 763. The molecule has 0 fully saturated rings. The summed E-state index contributed by atoms with van der Waals surface area (Å²) in [5, 5.41) is 4.89. The van der Waals surface area contributed by atoms with Crippen molar-refractivity contribution in [3.63, 3.8) is 0 Å². The van der Waals surface area contributed by atoms with Crippen molar-refractivity contribution < 1.29 is 18.0 Å². The summed E-state index contributed by atoms with van der Waals surface area (Å²) < 4.78 is 37.5. The van der Waals surface area contributed by atoms with Gasteiger partial charge in [-0.15, -0.1) is 0 Å². The molecular weight excluding hydrogens is 299 g/mol. The summed E-state index contributed by atoms with van der Waals surface area (Å²) in [5.74, 6) is -0.265. The molecule has 0 saturated heterocycles. The Morgan fingerprint density at radius 1 is 1.23 bits per heavy atom. The first-order valence-corrected chi connectivity index (χ1v) is 6.07. The van der Waals surface area contributed by atoms with Crippen LogP contribution >= 0.6 is 0 Å². The van der Waals surface area contributed by atoms with Gasteiger partial charge >= 0.3 is 6.18 Å². The molecule has 112 valence electrons. The van der Waals surface area contributed by atoms with E-state index in [-0.39, 0.29) is 17.1 Å². The molecule has 0 radical (unpaired) electrons. The van der Waals surface area contributed by atoms with Crippen LogP contribution in [0.4, 0.5) is 19.0 Å². The van der Waals surface area contributed by atoms with Gasteiger partial charge in [-0.05, 0) is 18.2 Å². The Kier molecular flexibility index (Phi) is 3.24. The number of H-pyrrole nitrogens is 1. The summed E-state index contributed by atoms with van der Waals surface area (Å²) in [5.41, 5.74) is -0.586. The maximum Gasteiger partial charge on any atom is 0.431 e. The summed E-state index contributed by atoms with van der Waals surface area (Å²) in [6, 6.07) is 2.14. The number of amides is 1. The molecule has 1 aliphatic heterocycles. The van der Waals surface area contributed by atoms with E-state index in [2.05, 4.69) is 20.1 Å². The first kappa shape index (κ1) is 14.0. The first-order valence-electron chi connectivity index (χ1n) is 6.07. The van der Waals surface area contributed by atoms with Gasteiger partial charge in [0.25, 0.3) is 5.91 Å². The van der Waals surface area contributed by atoms with Crippen molar-refractivity contribution in [2.24, 2.45) is 5.10 Å². The predicted molar refractivity (Wildman–Crippen MR) is 71.8 cm³/mol. The topological polar surface area (TPSA) is 74.2 Å². The number of hydrogen-bond acceptors (Lipinski definition) is 4. The lowest BCUT2D eigenvalue weighted by Crippen LogP contribution is -2.22. The van der Waals surface area contributed by atoms with Gasteiger partial charge in [0.05, 0.1) is 18.0 Å². The normalized spacial score (nSPS) is 16.8. The Labute approximate surface area is 122 Å². The van der Waals surface area contributed by atoms with E-state index in [4.69, 9.17) is 0 Å². The average Bonchev–Trinajstić information content (AvgIpc) is 3.08. The summed E-state index contributed by atoms with van der Waals surface area (Å²) in [6.07, 6.45) is 2.29. The fourth-order valence-corrected chi connectivity index (χ4v) is 1.84. The molecule has 1 amide bonds. The van der Waals surface area contributed by atoms with E-state index in [0.717, 1.165) is 11.1 Å². The van der Waals surface area contributed by atoms with Crippen molar-refractivity contribution in [3.8, 4) is 0 Å². The van der Waals surface area contributed by atoms with Crippen molar-refractivity contribution in [1.82, 2.24) is 15.0 Å². The summed E-state index contributed by atoms with van der Waals surface area (Å²) >= 11 is 0. The second-order valence-corrected chi connectivity index (χ2v) is 4.35. The molecule has 1 aliphatic rings. The molecule has 3 rings (SSSR count). The molecular formula is C13H8F3N5O. The number of aromatic amines is 1. The standard InChI is InChI=1S/C13H8F3N5O/c14-13(15,16)10-2-1-9(20-10)5-8-6-19-21(12(8)22)11-7-17-3-4-18-11/h1-7,20H. The maximum absolute atomic E-state index is 12.5. The highest BCUT2D eigenvalue weighted by Gasteiger charge is 2.32. The number of carbonyl (C=O) groups excluding carboxylic acids is 1. The SMILES string of the molecule is O=C1C(=Cc2ccc(C(F)(F)F)[nH]2)C=NN1c1cnccn1. The molecule has 0 saturated carbocycles. The monoisotopic (exact) mass is 307 g/mol. The lowest BCUT2D eigenvalue weighted by Gasteiger charge is -2.08. The van der Waals surface area contributed by atoms with Crippen LogP contribution in [0.1, 0.15) is 11.4 Å². The van der Waals surface area contributed by atoms with Gasteiger partial charge in [0.1, 0.15) is 5.69 Å². The van der Waals surface area contributed by atoms with Crippen LogP contribution in [-0.2, 0) is 11.0 Å².